The second kappa shape index (κ2) is 8.25. The van der Waals surface area contributed by atoms with Gasteiger partial charge in [-0.3, -0.25) is 5.32 Å². The van der Waals surface area contributed by atoms with Crippen molar-refractivity contribution in [2.45, 2.75) is 18.9 Å². The van der Waals surface area contributed by atoms with Crippen molar-refractivity contribution >= 4 is 35.0 Å². The van der Waals surface area contributed by atoms with Gasteiger partial charge < -0.3 is 9.26 Å². The molecule has 3 aromatic rings. The summed E-state index contributed by atoms with van der Waals surface area (Å²) in [4.78, 5) is 12.2. The van der Waals surface area contributed by atoms with Crippen LogP contribution in [0.1, 0.15) is 24.2 Å². The van der Waals surface area contributed by atoms with Gasteiger partial charge in [0.1, 0.15) is 23.7 Å². The van der Waals surface area contributed by atoms with Gasteiger partial charge in [-0.2, -0.15) is 0 Å². The minimum atomic E-state index is -0.626. The summed E-state index contributed by atoms with van der Waals surface area (Å²) >= 11 is 11.9. The Morgan fingerprint density at radius 1 is 1.23 bits per heavy atom. The van der Waals surface area contributed by atoms with Crippen LogP contribution < -0.4 is 5.32 Å². The molecular formula is C19H16Cl2N2O3. The predicted octanol–water partition coefficient (Wildman–Crippen LogP) is 6.04. The summed E-state index contributed by atoms with van der Waals surface area (Å²) in [6, 6.07) is 14.7. The SMILES string of the molecule is CC(OC(=O)Nc1conc1-c1ccc(CCl)cc1)c1ccccc1Cl. The summed E-state index contributed by atoms with van der Waals surface area (Å²) in [5.41, 5.74) is 3.43. The Hall–Kier alpha value is -2.50. The zero-order valence-corrected chi connectivity index (χ0v) is 15.4. The maximum Gasteiger partial charge on any atom is 0.412 e. The fraction of sp³-hybridized carbons (Fsp3) is 0.158. The maximum atomic E-state index is 12.2. The number of nitrogens with one attached hydrogen (secondary N) is 1. The Morgan fingerprint density at radius 3 is 2.65 bits per heavy atom. The number of anilines is 1. The molecule has 0 radical (unpaired) electrons. The lowest BCUT2D eigenvalue weighted by atomic mass is 10.1. The number of carbonyl (C=O) groups is 1. The molecule has 1 heterocycles. The number of amides is 1. The van der Waals surface area contributed by atoms with E-state index in [2.05, 4.69) is 10.5 Å². The number of carbonyl (C=O) groups excluding carboxylic acids is 1. The van der Waals surface area contributed by atoms with Gasteiger partial charge in [-0.05, 0) is 18.6 Å². The fourth-order valence-corrected chi connectivity index (χ4v) is 2.92. The normalized spacial score (nSPS) is 11.8. The van der Waals surface area contributed by atoms with Crippen molar-refractivity contribution in [2.24, 2.45) is 0 Å². The van der Waals surface area contributed by atoms with Crippen molar-refractivity contribution in [2.75, 3.05) is 5.32 Å². The highest BCUT2D eigenvalue weighted by Gasteiger charge is 2.17. The monoisotopic (exact) mass is 390 g/mol. The number of rotatable bonds is 5. The largest absolute Gasteiger partial charge is 0.441 e. The summed E-state index contributed by atoms with van der Waals surface area (Å²) in [6.07, 6.45) is 0.223. The molecule has 0 saturated carbocycles. The van der Waals surface area contributed by atoms with Crippen LogP contribution >= 0.6 is 23.2 Å². The molecule has 26 heavy (non-hydrogen) atoms. The first kappa shape index (κ1) is 18.3. The molecule has 0 aliphatic carbocycles. The van der Waals surface area contributed by atoms with E-state index in [0.717, 1.165) is 16.7 Å². The third kappa shape index (κ3) is 4.18. The molecule has 7 heteroatoms. The molecule has 2 aromatic carbocycles. The van der Waals surface area contributed by atoms with E-state index in [-0.39, 0.29) is 0 Å². The molecule has 0 aliphatic heterocycles. The van der Waals surface area contributed by atoms with Gasteiger partial charge in [0.2, 0.25) is 0 Å². The summed E-state index contributed by atoms with van der Waals surface area (Å²) in [5, 5.41) is 7.14. The van der Waals surface area contributed by atoms with Crippen LogP contribution in [0.4, 0.5) is 10.5 Å². The molecule has 1 N–H and O–H groups in total. The Kier molecular flexibility index (Phi) is 5.81. The van der Waals surface area contributed by atoms with E-state index >= 15 is 0 Å². The smallest absolute Gasteiger partial charge is 0.412 e. The molecule has 1 atom stereocenters. The van der Waals surface area contributed by atoms with Crippen LogP contribution in [-0.4, -0.2) is 11.2 Å². The summed E-state index contributed by atoms with van der Waals surface area (Å²) in [5.74, 6) is 0.427. The Labute approximate surface area is 160 Å². The molecule has 5 nitrogen and oxygen atoms in total. The lowest BCUT2D eigenvalue weighted by molar-refractivity contribution is 0.121. The highest BCUT2D eigenvalue weighted by Crippen LogP contribution is 2.29. The van der Waals surface area contributed by atoms with Gasteiger partial charge in [0.15, 0.2) is 0 Å². The van der Waals surface area contributed by atoms with E-state index < -0.39 is 12.2 Å². The van der Waals surface area contributed by atoms with Gasteiger partial charge >= 0.3 is 6.09 Å². The fourth-order valence-electron chi connectivity index (χ4n) is 2.45. The minimum Gasteiger partial charge on any atom is -0.441 e. The first-order valence-electron chi connectivity index (χ1n) is 7.90. The van der Waals surface area contributed by atoms with Gasteiger partial charge in [0.05, 0.1) is 0 Å². The van der Waals surface area contributed by atoms with Gasteiger partial charge in [-0.25, -0.2) is 4.79 Å². The van der Waals surface area contributed by atoms with Crippen LogP contribution in [0, 0.1) is 0 Å². The van der Waals surface area contributed by atoms with Gasteiger partial charge in [-0.15, -0.1) is 11.6 Å². The van der Waals surface area contributed by atoms with E-state index in [1.807, 2.05) is 42.5 Å². The van der Waals surface area contributed by atoms with E-state index in [4.69, 9.17) is 32.5 Å². The molecule has 3 rings (SSSR count). The molecule has 0 aliphatic rings. The molecular weight excluding hydrogens is 375 g/mol. The van der Waals surface area contributed by atoms with Gasteiger partial charge in [0, 0.05) is 22.0 Å². The lowest BCUT2D eigenvalue weighted by Crippen LogP contribution is -2.16. The molecule has 1 unspecified atom stereocenters. The standard InChI is InChI=1S/C19H16Cl2N2O3/c1-12(15-4-2-3-5-16(15)21)26-19(24)22-17-11-25-23-18(17)14-8-6-13(10-20)7-9-14/h2-9,11-12H,10H2,1H3,(H,22,24). The Bertz CT molecular complexity index is 894. The quantitative estimate of drug-likeness (QED) is 0.539. The number of nitrogens with zero attached hydrogens (tertiary/aromatic N) is 1. The summed E-state index contributed by atoms with van der Waals surface area (Å²) in [7, 11) is 0. The molecule has 0 saturated heterocycles. The van der Waals surface area contributed by atoms with E-state index in [0.29, 0.717) is 22.3 Å². The van der Waals surface area contributed by atoms with Crippen LogP contribution in [-0.2, 0) is 10.6 Å². The van der Waals surface area contributed by atoms with Crippen LogP contribution in [0.25, 0.3) is 11.3 Å². The van der Waals surface area contributed by atoms with E-state index in [1.165, 1.54) is 6.26 Å². The van der Waals surface area contributed by atoms with E-state index in [9.17, 15) is 4.79 Å². The molecule has 0 fully saturated rings. The summed E-state index contributed by atoms with van der Waals surface area (Å²) in [6.45, 7) is 1.75. The number of halogens is 2. The topological polar surface area (TPSA) is 64.4 Å². The average molecular weight is 391 g/mol. The maximum absolute atomic E-state index is 12.2. The third-order valence-corrected chi connectivity index (χ3v) is 4.47. The van der Waals surface area contributed by atoms with Gasteiger partial charge in [0.25, 0.3) is 0 Å². The highest BCUT2D eigenvalue weighted by molar-refractivity contribution is 6.31. The number of alkyl halides is 1. The molecule has 1 aromatic heterocycles. The van der Waals surface area contributed by atoms with Crippen molar-refractivity contribution < 1.29 is 14.1 Å². The number of hydrogen-bond acceptors (Lipinski definition) is 4. The van der Waals surface area contributed by atoms with Crippen LogP contribution in [0.5, 0.6) is 0 Å². The van der Waals surface area contributed by atoms with Crippen molar-refractivity contribution in [1.29, 1.82) is 0 Å². The average Bonchev–Trinajstić information content (AvgIpc) is 3.10. The minimum absolute atomic E-state index is 0.417. The third-order valence-electron chi connectivity index (χ3n) is 3.82. The zero-order valence-electron chi connectivity index (χ0n) is 13.9. The zero-order chi connectivity index (χ0) is 18.5. The van der Waals surface area contributed by atoms with Crippen LogP contribution in [0.2, 0.25) is 5.02 Å². The summed E-state index contributed by atoms with van der Waals surface area (Å²) < 4.78 is 10.4. The Balaban J connectivity index is 1.70. The van der Waals surface area contributed by atoms with Gasteiger partial charge in [-0.1, -0.05) is 59.2 Å². The molecule has 0 spiro atoms. The predicted molar refractivity (Wildman–Crippen MR) is 101 cm³/mol. The van der Waals surface area contributed by atoms with Crippen LogP contribution in [0.15, 0.2) is 59.3 Å². The second-order valence-corrected chi connectivity index (χ2v) is 6.28. The number of hydrogen-bond donors (Lipinski definition) is 1. The number of aromatic nitrogens is 1. The first-order valence-corrected chi connectivity index (χ1v) is 8.81. The van der Waals surface area contributed by atoms with E-state index in [1.54, 1.807) is 13.0 Å². The first-order chi connectivity index (χ1) is 12.6. The Morgan fingerprint density at radius 2 is 1.96 bits per heavy atom. The van der Waals surface area contributed by atoms with Crippen molar-refractivity contribution in [3.8, 4) is 11.3 Å². The second-order valence-electron chi connectivity index (χ2n) is 5.60. The molecule has 134 valence electrons. The number of benzene rings is 2. The lowest BCUT2D eigenvalue weighted by Gasteiger charge is -2.15. The van der Waals surface area contributed by atoms with Crippen LogP contribution in [0.3, 0.4) is 0 Å². The van der Waals surface area contributed by atoms with Crippen molar-refractivity contribution in [1.82, 2.24) is 5.16 Å². The number of ether oxygens (including phenoxy) is 1. The van der Waals surface area contributed by atoms with Crippen molar-refractivity contribution in [3.63, 3.8) is 0 Å². The highest BCUT2D eigenvalue weighted by atomic mass is 35.5. The molecule has 0 bridgehead atoms. The molecule has 1 amide bonds. The van der Waals surface area contributed by atoms with Crippen molar-refractivity contribution in [3.05, 3.63) is 70.9 Å².